The summed E-state index contributed by atoms with van der Waals surface area (Å²) in [5, 5.41) is 21.5. The second-order valence-corrected chi connectivity index (χ2v) is 36.8. The zero-order valence-corrected chi connectivity index (χ0v) is 76.4. The number of halogens is 5. The molecule has 7 aromatic carbocycles. The fourth-order valence-corrected chi connectivity index (χ4v) is 20.8. The van der Waals surface area contributed by atoms with E-state index in [2.05, 4.69) is 76.2 Å². The first-order valence-electron chi connectivity index (χ1n) is 47.3. The Morgan fingerprint density at radius 2 is 0.776 bits per heavy atom. The summed E-state index contributed by atoms with van der Waals surface area (Å²) in [5.41, 5.74) is 17.4. The van der Waals surface area contributed by atoms with Gasteiger partial charge in [0.1, 0.15) is 46.2 Å². The van der Waals surface area contributed by atoms with Crippen molar-refractivity contribution in [3.8, 4) is 11.3 Å². The third kappa shape index (κ3) is 19.5. The molecule has 5 aliphatic heterocycles. The van der Waals surface area contributed by atoms with E-state index in [1.165, 1.54) is 82.4 Å². The molecule has 0 radical (unpaired) electrons. The number of aromatic nitrogens is 12. The van der Waals surface area contributed by atoms with Crippen LogP contribution in [0.1, 0.15) is 220 Å². The molecule has 22 nitrogen and oxygen atoms in total. The minimum atomic E-state index is -0.271. The fraction of sp³-hybridized carbons (Fsp3) is 0.346. The Kier molecular flexibility index (Phi) is 27.0. The number of rotatable bonds is 16. The van der Waals surface area contributed by atoms with Crippen LogP contribution < -0.4 is 0 Å². The van der Waals surface area contributed by atoms with Gasteiger partial charge in [-0.1, -0.05) is 80.9 Å². The van der Waals surface area contributed by atoms with Gasteiger partial charge in [-0.25, -0.2) is 22.0 Å². The highest BCUT2D eigenvalue weighted by Gasteiger charge is 2.53. The molecule has 14 heterocycles. The van der Waals surface area contributed by atoms with Crippen LogP contribution in [0.5, 0.6) is 0 Å². The minimum absolute atomic E-state index is 0.00282. The van der Waals surface area contributed by atoms with Crippen molar-refractivity contribution < 1.29 is 45.9 Å². The Hall–Kier alpha value is -13.9. The summed E-state index contributed by atoms with van der Waals surface area (Å²) in [7, 11) is 3.71. The molecule has 16 aromatic rings. The van der Waals surface area contributed by atoms with Crippen LogP contribution in [0, 0.1) is 36.0 Å². The molecule has 5 saturated heterocycles. The molecule has 6 N–H and O–H groups in total. The van der Waals surface area contributed by atoms with Crippen molar-refractivity contribution in [1.82, 2.24) is 83.7 Å². The van der Waals surface area contributed by atoms with E-state index in [9.17, 15) is 45.9 Å². The molecular formula is C107H114F5N17O5. The quantitative estimate of drug-likeness (QED) is 0.0506. The fourth-order valence-electron chi connectivity index (χ4n) is 20.8. The number of piperidine rings is 5. The maximum atomic E-state index is 13.5. The molecule has 0 bridgehead atoms. The van der Waals surface area contributed by atoms with Crippen molar-refractivity contribution in [3.63, 3.8) is 0 Å². The Labute approximate surface area is 774 Å². The standard InChI is InChI=1S/C24H23FN4O.C23H23FN2O.C21H25FN4O.C20H23FN4O.C19H20FN3O/c1-28-23(14-21(27-28)17-5-3-2-4-6-17)24(30)29-11-9-16(10-12-29)20-15-26-22-13-18(25)7-8-19(20)22;24-18-6-7-19-20(15-25-21(19)14-18)16-8-12-26(13-9-16)22(27)23(10-11-23)17-4-2-1-3-5-17;1-3-8-26-13-19(14(2)24-26)21(27)25-9-6-15(7-10-25)18-12-23-20-11-16(22)4-5-17(18)20;1-2-3-15-11-19(24-23-15)20(26)25-8-6-13(7-9-25)17-12-22-18-10-14(21)4-5-16(17)18;1-22-8-2-3-18(22)19(24)23-9-6-13(7-10-23)16-12-21-17-11-14(20)4-5-15(16)17/h2-8,13-16,26H,9-12H2,1H3;1-7,14-16,25H,8-13H2;4-5,11-13,15,23H,3,6-10H2,1-2H3;4-5,10-13,22H,2-3,6-9H2,1H3,(H,23,24);2-5,8,11-13,21H,6-7,9-10H2,1H3. The van der Waals surface area contributed by atoms with Crippen molar-refractivity contribution in [2.45, 2.75) is 159 Å². The second-order valence-electron chi connectivity index (χ2n) is 36.8. The molecule has 134 heavy (non-hydrogen) atoms. The van der Waals surface area contributed by atoms with Gasteiger partial charge in [0, 0.05) is 195 Å². The Bertz CT molecular complexity index is 6840. The molecule has 22 rings (SSSR count). The molecule has 0 unspecified atom stereocenters. The van der Waals surface area contributed by atoms with E-state index in [0.29, 0.717) is 78.6 Å². The van der Waals surface area contributed by atoms with Gasteiger partial charge in [0.15, 0.2) is 0 Å². The predicted molar refractivity (Wildman–Crippen MR) is 513 cm³/mol. The van der Waals surface area contributed by atoms with E-state index in [1.54, 1.807) is 10.7 Å². The Morgan fingerprint density at radius 3 is 1.15 bits per heavy atom. The summed E-state index contributed by atoms with van der Waals surface area (Å²) >= 11 is 0. The van der Waals surface area contributed by atoms with Crippen molar-refractivity contribution >= 4 is 84.1 Å². The first-order valence-corrected chi connectivity index (χ1v) is 47.3. The van der Waals surface area contributed by atoms with E-state index >= 15 is 0 Å². The molecule has 27 heteroatoms. The summed E-state index contributed by atoms with van der Waals surface area (Å²) < 4.78 is 72.4. The predicted octanol–water partition coefficient (Wildman–Crippen LogP) is 21.4. The molecule has 0 atom stereocenters. The van der Waals surface area contributed by atoms with Gasteiger partial charge in [-0.2, -0.15) is 15.3 Å². The SMILES string of the molecule is CCCc1cc(C(=O)N2CCC(c3c[nH]c4cc(F)ccc34)CC2)n[nH]1.CCCn1cc(C(=O)N2CCC(c3c[nH]c4cc(F)ccc34)CC2)c(C)n1.Cn1cccc1C(=O)N1CCC(c2c[nH]c3cc(F)ccc23)CC1.Cn1nc(-c2ccccc2)cc1C(=O)N1CCC(c2c[nH]c3cc(F)ccc23)CC1.O=C(N1CCC(c2c[nH]c3cc(F)ccc23)CC1)C1(c2ccccc2)CC1. The summed E-state index contributed by atoms with van der Waals surface area (Å²) in [4.78, 5) is 90.1. The van der Waals surface area contributed by atoms with E-state index in [1.807, 2.05) is 196 Å². The van der Waals surface area contributed by atoms with Gasteiger partial charge in [-0.05, 0) is 275 Å². The average molecular weight is 1810 g/mol. The van der Waals surface area contributed by atoms with Crippen LogP contribution in [-0.4, -0.2) is 179 Å². The topological polar surface area (TPSA) is 250 Å². The van der Waals surface area contributed by atoms with Gasteiger partial charge >= 0.3 is 0 Å². The molecule has 1 aliphatic carbocycles. The molecule has 9 aromatic heterocycles. The number of likely N-dealkylation sites (tertiary alicyclic amines) is 5. The summed E-state index contributed by atoms with van der Waals surface area (Å²) in [5.74, 6) is 1.32. The van der Waals surface area contributed by atoms with Crippen LogP contribution in [0.4, 0.5) is 22.0 Å². The molecule has 1 saturated carbocycles. The summed E-state index contributed by atoms with van der Waals surface area (Å²) in [6, 6.07) is 52.1. The molecule has 0 spiro atoms. The number of nitrogens with zero attached hydrogens (tertiary/aromatic N) is 11. The monoisotopic (exact) mass is 1810 g/mol. The lowest BCUT2D eigenvalue weighted by molar-refractivity contribution is -0.135. The Morgan fingerprint density at radius 1 is 0.403 bits per heavy atom. The molecule has 6 fully saturated rings. The summed E-state index contributed by atoms with van der Waals surface area (Å²) in [6.07, 6.45) is 27.8. The van der Waals surface area contributed by atoms with Crippen LogP contribution in [0.15, 0.2) is 219 Å². The van der Waals surface area contributed by atoms with Gasteiger partial charge in [-0.3, -0.25) is 38.4 Å². The number of nitrogens with one attached hydrogen (secondary N) is 6. The first-order chi connectivity index (χ1) is 65.1. The van der Waals surface area contributed by atoms with Crippen LogP contribution >= 0.6 is 0 Å². The number of aromatic amines is 6. The van der Waals surface area contributed by atoms with Crippen molar-refractivity contribution in [1.29, 1.82) is 0 Å². The molecule has 5 amide bonds. The number of amides is 5. The number of carbonyl (C=O) groups excluding carboxylic acids is 5. The Balaban J connectivity index is 0.000000112. The molecular weight excluding hydrogens is 1700 g/mol. The number of hydrogen-bond acceptors (Lipinski definition) is 8. The van der Waals surface area contributed by atoms with Crippen molar-refractivity contribution in [2.24, 2.45) is 14.1 Å². The van der Waals surface area contributed by atoms with Crippen LogP contribution in [0.2, 0.25) is 0 Å². The van der Waals surface area contributed by atoms with E-state index in [4.69, 9.17) is 0 Å². The normalized spacial score (nSPS) is 16.3. The summed E-state index contributed by atoms with van der Waals surface area (Å²) in [6.45, 7) is 14.3. The number of H-pyrrole nitrogens is 6. The van der Waals surface area contributed by atoms with Gasteiger partial charge in [-0.15, -0.1) is 0 Å². The number of carbonyl (C=O) groups is 5. The van der Waals surface area contributed by atoms with Gasteiger partial charge in [0.05, 0.1) is 22.4 Å². The third-order valence-electron chi connectivity index (χ3n) is 28.3. The van der Waals surface area contributed by atoms with Crippen molar-refractivity contribution in [2.75, 3.05) is 65.4 Å². The highest BCUT2D eigenvalue weighted by atomic mass is 19.1. The third-order valence-corrected chi connectivity index (χ3v) is 28.3. The van der Waals surface area contributed by atoms with Gasteiger partial charge in [0.2, 0.25) is 5.91 Å². The lowest BCUT2D eigenvalue weighted by Crippen LogP contribution is -2.43. The highest BCUT2D eigenvalue weighted by Crippen LogP contribution is 2.51. The minimum Gasteiger partial charge on any atom is -0.361 e. The second kappa shape index (κ2) is 39.9. The zero-order chi connectivity index (χ0) is 92.8. The zero-order valence-electron chi connectivity index (χ0n) is 76.4. The number of benzene rings is 7. The van der Waals surface area contributed by atoms with Gasteiger partial charge in [0.25, 0.3) is 23.6 Å². The van der Waals surface area contributed by atoms with E-state index in [-0.39, 0.29) is 58.1 Å². The van der Waals surface area contributed by atoms with Crippen LogP contribution in [0.25, 0.3) is 65.8 Å². The lowest BCUT2D eigenvalue weighted by atomic mass is 9.87. The first kappa shape index (κ1) is 90.7. The average Bonchev–Trinajstić information content (AvgIpc) is 1.59. The molecule has 692 valence electrons. The highest BCUT2D eigenvalue weighted by molar-refractivity contribution is 5.97. The largest absolute Gasteiger partial charge is 0.361 e. The number of aryl methyl sites for hydroxylation is 5. The lowest BCUT2D eigenvalue weighted by Gasteiger charge is -2.34. The van der Waals surface area contributed by atoms with E-state index < -0.39 is 0 Å². The van der Waals surface area contributed by atoms with Crippen LogP contribution in [-0.2, 0) is 37.3 Å². The van der Waals surface area contributed by atoms with Crippen molar-refractivity contribution in [3.05, 3.63) is 316 Å². The molecule has 6 aliphatic rings. The number of fused-ring (bicyclic) bond motifs is 5. The van der Waals surface area contributed by atoms with Crippen LogP contribution in [0.3, 0.4) is 0 Å². The van der Waals surface area contributed by atoms with E-state index in [0.717, 1.165) is 231 Å². The maximum absolute atomic E-state index is 13.5. The number of hydrogen-bond donors (Lipinski definition) is 6. The smallest absolute Gasteiger partial charge is 0.274 e. The van der Waals surface area contributed by atoms with Gasteiger partial charge < -0.3 is 54.0 Å². The maximum Gasteiger partial charge on any atom is 0.274 e.